The van der Waals surface area contributed by atoms with Gasteiger partial charge in [0.2, 0.25) is 11.8 Å². The minimum Gasteiger partial charge on any atom is -0.352 e. The van der Waals surface area contributed by atoms with Crippen LogP contribution in [0.25, 0.3) is 0 Å². The Morgan fingerprint density at radius 3 is 2.32 bits per heavy atom. The summed E-state index contributed by atoms with van der Waals surface area (Å²) < 4.78 is 27.1. The first-order valence-electron chi connectivity index (χ1n) is 10.5. The van der Waals surface area contributed by atoms with Gasteiger partial charge >= 0.3 is 0 Å². The zero-order valence-electron chi connectivity index (χ0n) is 18.2. The molecule has 0 saturated heterocycles. The molecule has 0 spiro atoms. The minimum atomic E-state index is -0.638. The number of hydrogen-bond acceptors (Lipinski definition) is 3. The molecule has 2 amide bonds. The van der Waals surface area contributed by atoms with Crippen LogP contribution in [0.3, 0.4) is 0 Å². The molecule has 2 atom stereocenters. The van der Waals surface area contributed by atoms with Crippen LogP contribution >= 0.6 is 11.8 Å². The van der Waals surface area contributed by atoms with Crippen molar-refractivity contribution in [2.45, 2.75) is 58.0 Å². The van der Waals surface area contributed by atoms with Crippen molar-refractivity contribution in [1.82, 2.24) is 10.2 Å². The van der Waals surface area contributed by atoms with Crippen molar-refractivity contribution in [2.24, 2.45) is 0 Å². The highest BCUT2D eigenvalue weighted by atomic mass is 32.2. The third-order valence-electron chi connectivity index (χ3n) is 5.09. The quantitative estimate of drug-likeness (QED) is 0.531. The number of halogens is 2. The molecule has 0 aliphatic carbocycles. The standard InChI is InChI=1S/C24H30F2N2O2S/c1-4-17(3)27-24(30)22(5-2)28(14-18-10-12-20(25)13-11-18)23(29)16-31-15-19-8-6-7-9-21(19)26/h6-13,17,22H,4-5,14-16H2,1-3H3,(H,27,30)/t17-,22+/m1/s1. The summed E-state index contributed by atoms with van der Waals surface area (Å²) in [5.41, 5.74) is 1.27. The van der Waals surface area contributed by atoms with E-state index in [1.165, 1.54) is 30.0 Å². The average Bonchev–Trinajstić information content (AvgIpc) is 2.76. The Bertz CT molecular complexity index is 861. The number of carbonyl (C=O) groups is 2. The number of thioether (sulfide) groups is 1. The van der Waals surface area contributed by atoms with Gasteiger partial charge in [-0.2, -0.15) is 0 Å². The van der Waals surface area contributed by atoms with E-state index in [0.717, 1.165) is 12.0 Å². The Hall–Kier alpha value is -2.41. The van der Waals surface area contributed by atoms with Crippen molar-refractivity contribution < 1.29 is 18.4 Å². The molecular weight excluding hydrogens is 418 g/mol. The fourth-order valence-electron chi connectivity index (χ4n) is 3.09. The van der Waals surface area contributed by atoms with E-state index in [9.17, 15) is 18.4 Å². The van der Waals surface area contributed by atoms with Gasteiger partial charge in [-0.05, 0) is 49.1 Å². The summed E-state index contributed by atoms with van der Waals surface area (Å²) in [5.74, 6) is -0.599. The first kappa shape index (κ1) is 24.9. The minimum absolute atomic E-state index is 0.000228. The summed E-state index contributed by atoms with van der Waals surface area (Å²) in [6.07, 6.45) is 1.24. The largest absolute Gasteiger partial charge is 0.352 e. The predicted octanol–water partition coefficient (Wildman–Crippen LogP) is 4.92. The van der Waals surface area contributed by atoms with Crippen LogP contribution in [-0.4, -0.2) is 34.6 Å². The van der Waals surface area contributed by atoms with Gasteiger partial charge in [-0.3, -0.25) is 9.59 Å². The Morgan fingerprint density at radius 2 is 1.71 bits per heavy atom. The van der Waals surface area contributed by atoms with Gasteiger partial charge in [0.05, 0.1) is 5.75 Å². The van der Waals surface area contributed by atoms with E-state index in [0.29, 0.717) is 17.7 Å². The smallest absolute Gasteiger partial charge is 0.243 e. The molecule has 7 heteroatoms. The average molecular weight is 449 g/mol. The molecule has 0 fully saturated rings. The van der Waals surface area contributed by atoms with Gasteiger partial charge in [0, 0.05) is 18.3 Å². The molecule has 1 N–H and O–H groups in total. The van der Waals surface area contributed by atoms with E-state index in [2.05, 4.69) is 5.32 Å². The van der Waals surface area contributed by atoms with E-state index in [1.807, 2.05) is 20.8 Å². The Balaban J connectivity index is 2.14. The van der Waals surface area contributed by atoms with Gasteiger partial charge in [-0.1, -0.05) is 44.2 Å². The van der Waals surface area contributed by atoms with Crippen molar-refractivity contribution in [3.63, 3.8) is 0 Å². The maximum absolute atomic E-state index is 13.8. The van der Waals surface area contributed by atoms with E-state index < -0.39 is 6.04 Å². The van der Waals surface area contributed by atoms with Crippen LogP contribution in [0.5, 0.6) is 0 Å². The maximum atomic E-state index is 13.8. The monoisotopic (exact) mass is 448 g/mol. The van der Waals surface area contributed by atoms with E-state index >= 15 is 0 Å². The lowest BCUT2D eigenvalue weighted by Gasteiger charge is -2.31. The van der Waals surface area contributed by atoms with Crippen LogP contribution in [0.2, 0.25) is 0 Å². The summed E-state index contributed by atoms with van der Waals surface area (Å²) in [7, 11) is 0. The van der Waals surface area contributed by atoms with Gasteiger partial charge < -0.3 is 10.2 Å². The van der Waals surface area contributed by atoms with Gasteiger partial charge in [-0.15, -0.1) is 11.8 Å². The van der Waals surface area contributed by atoms with Gasteiger partial charge in [0.15, 0.2) is 0 Å². The number of rotatable bonds is 11. The number of amides is 2. The molecule has 2 rings (SSSR count). The third-order valence-corrected chi connectivity index (χ3v) is 6.06. The van der Waals surface area contributed by atoms with Gasteiger partial charge in [0.25, 0.3) is 0 Å². The van der Waals surface area contributed by atoms with Crippen molar-refractivity contribution in [3.05, 3.63) is 71.3 Å². The lowest BCUT2D eigenvalue weighted by atomic mass is 10.1. The molecule has 31 heavy (non-hydrogen) atoms. The first-order chi connectivity index (χ1) is 14.8. The molecule has 0 bridgehead atoms. The summed E-state index contributed by atoms with van der Waals surface area (Å²) in [4.78, 5) is 27.5. The normalized spacial score (nSPS) is 12.8. The molecule has 168 valence electrons. The van der Waals surface area contributed by atoms with E-state index in [-0.39, 0.29) is 41.8 Å². The molecule has 0 heterocycles. The summed E-state index contributed by atoms with van der Waals surface area (Å²) in [5, 5.41) is 2.95. The molecule has 0 aliphatic heterocycles. The lowest BCUT2D eigenvalue weighted by molar-refractivity contribution is -0.139. The SMILES string of the molecule is CC[C@@H](C)NC(=O)[C@H](CC)N(Cc1ccc(F)cc1)C(=O)CSCc1ccccc1F. The van der Waals surface area contributed by atoms with Crippen LogP contribution < -0.4 is 5.32 Å². The van der Waals surface area contributed by atoms with E-state index in [1.54, 1.807) is 35.2 Å². The number of carbonyl (C=O) groups excluding carboxylic acids is 2. The van der Waals surface area contributed by atoms with Gasteiger partial charge in [0.1, 0.15) is 17.7 Å². The highest BCUT2D eigenvalue weighted by Crippen LogP contribution is 2.19. The van der Waals surface area contributed by atoms with Crippen LogP contribution in [0.4, 0.5) is 8.78 Å². The van der Waals surface area contributed by atoms with Crippen molar-refractivity contribution in [2.75, 3.05) is 5.75 Å². The molecule has 4 nitrogen and oxygen atoms in total. The number of nitrogens with one attached hydrogen (secondary N) is 1. The second kappa shape index (κ2) is 12.4. The molecule has 2 aromatic carbocycles. The Labute approximate surface area is 187 Å². The van der Waals surface area contributed by atoms with Crippen LogP contribution in [0.1, 0.15) is 44.7 Å². The highest BCUT2D eigenvalue weighted by molar-refractivity contribution is 7.99. The molecule has 0 radical (unpaired) electrons. The Kier molecular flexibility index (Phi) is 9.98. The van der Waals surface area contributed by atoms with Crippen molar-refractivity contribution >= 4 is 23.6 Å². The molecular formula is C24H30F2N2O2S. The van der Waals surface area contributed by atoms with Gasteiger partial charge in [-0.25, -0.2) is 8.78 Å². The number of nitrogens with zero attached hydrogens (tertiary/aromatic N) is 1. The molecule has 0 aliphatic rings. The van der Waals surface area contributed by atoms with Crippen LogP contribution in [-0.2, 0) is 21.9 Å². The summed E-state index contributed by atoms with van der Waals surface area (Å²) in [6, 6.07) is 11.7. The first-order valence-corrected chi connectivity index (χ1v) is 11.7. The van der Waals surface area contributed by atoms with Crippen LogP contribution in [0.15, 0.2) is 48.5 Å². The highest BCUT2D eigenvalue weighted by Gasteiger charge is 2.29. The zero-order chi connectivity index (χ0) is 22.8. The lowest BCUT2D eigenvalue weighted by Crippen LogP contribution is -2.51. The van der Waals surface area contributed by atoms with Crippen LogP contribution in [0, 0.1) is 11.6 Å². The summed E-state index contributed by atoms with van der Waals surface area (Å²) in [6.45, 7) is 5.96. The third kappa shape index (κ3) is 7.65. The number of benzene rings is 2. The zero-order valence-corrected chi connectivity index (χ0v) is 19.1. The second-order valence-electron chi connectivity index (χ2n) is 7.47. The maximum Gasteiger partial charge on any atom is 0.243 e. The molecule has 0 saturated carbocycles. The topological polar surface area (TPSA) is 49.4 Å². The molecule has 0 aromatic heterocycles. The fourth-order valence-corrected chi connectivity index (χ4v) is 3.99. The van der Waals surface area contributed by atoms with E-state index in [4.69, 9.17) is 0 Å². The molecule has 0 unspecified atom stereocenters. The molecule has 2 aromatic rings. The predicted molar refractivity (Wildman–Crippen MR) is 121 cm³/mol. The van der Waals surface area contributed by atoms with Crippen molar-refractivity contribution in [3.8, 4) is 0 Å². The van der Waals surface area contributed by atoms with Crippen molar-refractivity contribution in [1.29, 1.82) is 0 Å². The number of hydrogen-bond donors (Lipinski definition) is 1. The second-order valence-corrected chi connectivity index (χ2v) is 8.46. The fraction of sp³-hybridized carbons (Fsp3) is 0.417. The Morgan fingerprint density at radius 1 is 1.03 bits per heavy atom. The summed E-state index contributed by atoms with van der Waals surface area (Å²) >= 11 is 1.31.